The van der Waals surface area contributed by atoms with Gasteiger partial charge in [-0.25, -0.2) is 0 Å². The van der Waals surface area contributed by atoms with E-state index in [0.717, 1.165) is 19.2 Å². The Labute approximate surface area is 195 Å². The normalized spacial score (nSPS) is 12.8. The summed E-state index contributed by atoms with van der Waals surface area (Å²) in [5, 5.41) is 0. The van der Waals surface area contributed by atoms with Crippen molar-refractivity contribution in [3.63, 3.8) is 0 Å². The molecule has 0 N–H and O–H groups in total. The van der Waals surface area contributed by atoms with E-state index < -0.39 is 30.3 Å². The Bertz CT molecular complexity index is 955. The van der Waals surface area contributed by atoms with Gasteiger partial charge in [0, 0.05) is 21.8 Å². The van der Waals surface area contributed by atoms with Gasteiger partial charge in [0.25, 0.3) is 5.60 Å². The molecule has 32 heavy (non-hydrogen) atoms. The molecule has 0 unspecified atom stereocenters. The summed E-state index contributed by atoms with van der Waals surface area (Å²) in [5.41, 5.74) is -3.77. The van der Waals surface area contributed by atoms with E-state index in [0.29, 0.717) is 32.2 Å². The van der Waals surface area contributed by atoms with Gasteiger partial charge >= 0.3 is 12.4 Å². The summed E-state index contributed by atoms with van der Waals surface area (Å²) in [6, 6.07) is 7.73. The number of methoxy groups -OCH3 is 1. The third-order valence-corrected chi connectivity index (χ3v) is 5.78. The third-order valence-electron chi connectivity index (χ3n) is 4.89. The molecule has 0 bridgehead atoms. The standard InChI is InChI=1S/C22H21F6IO3/c1-4-5-15-10-16(20(21(23,24)25,22(26,27)28)32-12-31-3)7-9-17(15)18-8-6-14(13(2)30)11-19(18)29/h6-11H,4-5,12H2,1-3H3. The molecule has 2 rings (SSSR count). The van der Waals surface area contributed by atoms with E-state index in [2.05, 4.69) is 9.47 Å². The van der Waals surface area contributed by atoms with Gasteiger partial charge in [-0.2, -0.15) is 26.3 Å². The molecular formula is C22H21F6IO3. The number of rotatable bonds is 8. The molecular weight excluding hydrogens is 553 g/mol. The zero-order chi connectivity index (χ0) is 24.3. The van der Waals surface area contributed by atoms with Crippen LogP contribution >= 0.6 is 22.6 Å². The second-order valence-electron chi connectivity index (χ2n) is 7.10. The summed E-state index contributed by atoms with van der Waals surface area (Å²) < 4.78 is 92.6. The molecule has 176 valence electrons. The Balaban J connectivity index is 2.76. The number of alkyl halides is 6. The number of ether oxygens (including phenoxy) is 2. The van der Waals surface area contributed by atoms with Gasteiger partial charge in [0.15, 0.2) is 5.78 Å². The lowest BCUT2D eigenvalue weighted by Gasteiger charge is -2.37. The molecule has 0 fully saturated rings. The van der Waals surface area contributed by atoms with Crippen LogP contribution in [0.5, 0.6) is 0 Å². The van der Waals surface area contributed by atoms with Gasteiger partial charge in [-0.15, -0.1) is 0 Å². The number of aryl methyl sites for hydroxylation is 1. The topological polar surface area (TPSA) is 35.5 Å². The Kier molecular flexibility index (Phi) is 8.38. The molecule has 0 heterocycles. The van der Waals surface area contributed by atoms with Crippen molar-refractivity contribution >= 4 is 28.4 Å². The van der Waals surface area contributed by atoms with Crippen molar-refractivity contribution < 1.29 is 40.6 Å². The Morgan fingerprint density at radius 1 is 0.969 bits per heavy atom. The van der Waals surface area contributed by atoms with Crippen LogP contribution in [0.15, 0.2) is 36.4 Å². The molecule has 2 aromatic carbocycles. The lowest BCUT2D eigenvalue weighted by atomic mass is 9.86. The van der Waals surface area contributed by atoms with Crippen molar-refractivity contribution in [2.45, 2.75) is 44.6 Å². The lowest BCUT2D eigenvalue weighted by Crippen LogP contribution is -2.56. The molecule has 0 aliphatic rings. The van der Waals surface area contributed by atoms with Gasteiger partial charge in [-0.05, 0) is 58.7 Å². The first-order valence-corrected chi connectivity index (χ1v) is 10.6. The highest BCUT2D eigenvalue weighted by atomic mass is 127. The van der Waals surface area contributed by atoms with E-state index in [1.165, 1.54) is 13.0 Å². The number of ketones is 1. The van der Waals surface area contributed by atoms with Crippen molar-refractivity contribution in [1.82, 2.24) is 0 Å². The van der Waals surface area contributed by atoms with E-state index in [-0.39, 0.29) is 12.2 Å². The van der Waals surface area contributed by atoms with E-state index in [4.69, 9.17) is 0 Å². The third kappa shape index (κ3) is 5.12. The van der Waals surface area contributed by atoms with Crippen LogP contribution in [0.25, 0.3) is 11.1 Å². The smallest absolute Gasteiger partial charge is 0.359 e. The minimum Gasteiger partial charge on any atom is -0.359 e. The number of Topliss-reactive ketones (excluding diaryl/α,β-unsaturated/α-hetero) is 1. The van der Waals surface area contributed by atoms with Crippen molar-refractivity contribution in [3.8, 4) is 11.1 Å². The number of hydrogen-bond donors (Lipinski definition) is 0. The lowest BCUT2D eigenvalue weighted by molar-refractivity contribution is -0.400. The van der Waals surface area contributed by atoms with Crippen molar-refractivity contribution in [1.29, 1.82) is 0 Å². The highest BCUT2D eigenvalue weighted by molar-refractivity contribution is 14.1. The van der Waals surface area contributed by atoms with Gasteiger partial charge in [0.2, 0.25) is 0 Å². The van der Waals surface area contributed by atoms with Gasteiger partial charge < -0.3 is 9.47 Å². The number of carbonyl (C=O) groups is 1. The fourth-order valence-electron chi connectivity index (χ4n) is 3.39. The summed E-state index contributed by atoms with van der Waals surface area (Å²) >= 11 is 1.98. The molecule has 0 saturated heterocycles. The highest BCUT2D eigenvalue weighted by Crippen LogP contribution is 2.53. The van der Waals surface area contributed by atoms with Crippen LogP contribution in [0.2, 0.25) is 0 Å². The van der Waals surface area contributed by atoms with Crippen LogP contribution in [-0.4, -0.2) is 32.0 Å². The number of halogens is 7. The van der Waals surface area contributed by atoms with E-state index in [1.807, 2.05) is 22.6 Å². The number of carbonyl (C=O) groups excluding carboxylic acids is 1. The van der Waals surface area contributed by atoms with Crippen LogP contribution in [0.1, 0.15) is 41.8 Å². The quantitative estimate of drug-likeness (QED) is 0.147. The van der Waals surface area contributed by atoms with E-state index in [9.17, 15) is 31.1 Å². The van der Waals surface area contributed by atoms with Gasteiger partial charge in [-0.1, -0.05) is 43.7 Å². The second kappa shape index (κ2) is 10.1. The maximum atomic E-state index is 13.9. The fraction of sp³-hybridized carbons (Fsp3) is 0.409. The van der Waals surface area contributed by atoms with Crippen LogP contribution in [0, 0.1) is 3.57 Å². The van der Waals surface area contributed by atoms with Crippen molar-refractivity contribution in [3.05, 3.63) is 56.7 Å². The summed E-state index contributed by atoms with van der Waals surface area (Å²) in [6.07, 6.45) is -10.8. The molecule has 0 spiro atoms. The van der Waals surface area contributed by atoms with Crippen LogP contribution in [0.4, 0.5) is 26.3 Å². The largest absolute Gasteiger partial charge is 0.430 e. The molecule has 0 aliphatic carbocycles. The molecule has 0 saturated carbocycles. The summed E-state index contributed by atoms with van der Waals surface area (Å²) in [5.74, 6) is -0.158. The zero-order valence-corrected chi connectivity index (χ0v) is 19.6. The molecule has 0 aliphatic heterocycles. The monoisotopic (exact) mass is 574 g/mol. The van der Waals surface area contributed by atoms with Crippen LogP contribution < -0.4 is 0 Å². The summed E-state index contributed by atoms with van der Waals surface area (Å²) in [4.78, 5) is 11.6. The molecule has 0 radical (unpaired) electrons. The highest BCUT2D eigenvalue weighted by Gasteiger charge is 2.73. The SMILES string of the molecule is CCCc1cc(C(OCOC)(C(F)(F)F)C(F)(F)F)ccc1-c1ccc(C(C)=O)cc1I. The Morgan fingerprint density at radius 2 is 1.56 bits per heavy atom. The van der Waals surface area contributed by atoms with Gasteiger partial charge in [0.1, 0.15) is 6.79 Å². The summed E-state index contributed by atoms with van der Waals surface area (Å²) in [6.45, 7) is 1.97. The molecule has 0 aromatic heterocycles. The minimum absolute atomic E-state index is 0.158. The second-order valence-corrected chi connectivity index (χ2v) is 8.26. The van der Waals surface area contributed by atoms with Gasteiger partial charge in [0.05, 0.1) is 0 Å². The first-order valence-electron chi connectivity index (χ1n) is 9.50. The van der Waals surface area contributed by atoms with E-state index >= 15 is 0 Å². The fourth-order valence-corrected chi connectivity index (χ4v) is 4.19. The number of hydrogen-bond acceptors (Lipinski definition) is 3. The molecule has 0 amide bonds. The van der Waals surface area contributed by atoms with Crippen molar-refractivity contribution in [2.75, 3.05) is 13.9 Å². The molecule has 0 atom stereocenters. The summed E-state index contributed by atoms with van der Waals surface area (Å²) in [7, 11) is 0.940. The first-order chi connectivity index (χ1) is 14.8. The van der Waals surface area contributed by atoms with Gasteiger partial charge in [-0.3, -0.25) is 4.79 Å². The zero-order valence-electron chi connectivity index (χ0n) is 17.5. The maximum Gasteiger partial charge on any atom is 0.430 e. The first kappa shape index (κ1) is 26.6. The maximum absolute atomic E-state index is 13.9. The minimum atomic E-state index is -5.79. The average molecular weight is 574 g/mol. The Hall–Kier alpha value is -1.66. The average Bonchev–Trinajstić information content (AvgIpc) is 2.67. The predicted molar refractivity (Wildman–Crippen MR) is 115 cm³/mol. The molecule has 2 aromatic rings. The van der Waals surface area contributed by atoms with E-state index in [1.54, 1.807) is 25.1 Å². The predicted octanol–water partition coefficient (Wildman–Crippen LogP) is 7.05. The van der Waals surface area contributed by atoms with Crippen molar-refractivity contribution in [2.24, 2.45) is 0 Å². The number of benzene rings is 2. The molecule has 3 nitrogen and oxygen atoms in total. The Morgan fingerprint density at radius 3 is 2.03 bits per heavy atom. The molecule has 10 heteroatoms. The van der Waals surface area contributed by atoms with Crippen LogP contribution in [-0.2, 0) is 21.5 Å². The van der Waals surface area contributed by atoms with Crippen LogP contribution in [0.3, 0.4) is 0 Å².